The number of carbonyl (C=O) groups excluding carboxylic acids is 1. The fourth-order valence-electron chi connectivity index (χ4n) is 4.31. The van der Waals surface area contributed by atoms with Crippen LogP contribution in [0.4, 0.5) is 10.1 Å². The zero-order chi connectivity index (χ0) is 24.2. The van der Waals surface area contributed by atoms with E-state index in [0.717, 1.165) is 56.8 Å². The summed E-state index contributed by atoms with van der Waals surface area (Å²) in [6.07, 6.45) is 6.95. The molecule has 0 radical (unpaired) electrons. The number of halogens is 1. The summed E-state index contributed by atoms with van der Waals surface area (Å²) in [6, 6.07) is 12.8. The summed E-state index contributed by atoms with van der Waals surface area (Å²) in [5.41, 5.74) is 6.62. The number of fused-ring (bicyclic) bond motifs is 2. The van der Waals surface area contributed by atoms with Gasteiger partial charge in [-0.15, -0.1) is 11.3 Å². The topological polar surface area (TPSA) is 112 Å². The molecule has 6 heterocycles. The van der Waals surface area contributed by atoms with Gasteiger partial charge in [-0.1, -0.05) is 0 Å². The summed E-state index contributed by atoms with van der Waals surface area (Å²) >= 11 is 1.10. The predicted molar refractivity (Wildman–Crippen MR) is 137 cm³/mol. The summed E-state index contributed by atoms with van der Waals surface area (Å²) < 4.78 is 13.7. The maximum absolute atomic E-state index is 13.7. The number of thiophene rings is 1. The number of H-pyrrole nitrogens is 2. The van der Waals surface area contributed by atoms with E-state index in [1.807, 2.05) is 30.3 Å². The first-order chi connectivity index (χ1) is 17.6. The van der Waals surface area contributed by atoms with E-state index >= 15 is 0 Å². The maximum Gasteiger partial charge on any atom is 0.227 e. The molecule has 0 unspecified atom stereocenters. The number of carbonyl (C=O) groups is 1. The van der Waals surface area contributed by atoms with E-state index in [-0.39, 0.29) is 17.0 Å². The first kappa shape index (κ1) is 20.9. The molecule has 1 fully saturated rings. The number of hydrogen-bond donors (Lipinski definition) is 3. The van der Waals surface area contributed by atoms with E-state index in [9.17, 15) is 9.18 Å². The van der Waals surface area contributed by atoms with Gasteiger partial charge in [0.2, 0.25) is 5.91 Å². The summed E-state index contributed by atoms with van der Waals surface area (Å²) in [5.74, 6) is 0.147. The Labute approximate surface area is 207 Å². The maximum atomic E-state index is 13.7. The molecule has 36 heavy (non-hydrogen) atoms. The number of hydrogen-bond acceptors (Lipinski definition) is 6. The molecule has 1 amide bonds. The Kier molecular flexibility index (Phi) is 4.68. The molecule has 1 saturated carbocycles. The molecule has 0 spiro atoms. The van der Waals surface area contributed by atoms with E-state index < -0.39 is 0 Å². The van der Waals surface area contributed by atoms with Gasteiger partial charge >= 0.3 is 0 Å². The molecule has 0 aliphatic heterocycles. The highest BCUT2D eigenvalue weighted by molar-refractivity contribution is 7.14. The molecule has 1 aliphatic rings. The van der Waals surface area contributed by atoms with Crippen molar-refractivity contribution < 1.29 is 9.18 Å². The van der Waals surface area contributed by atoms with Crippen LogP contribution in [0.25, 0.3) is 55.2 Å². The molecule has 0 saturated heterocycles. The van der Waals surface area contributed by atoms with Crippen LogP contribution in [0.2, 0.25) is 0 Å². The third kappa shape index (κ3) is 3.62. The van der Waals surface area contributed by atoms with E-state index in [0.29, 0.717) is 28.2 Å². The van der Waals surface area contributed by atoms with Crippen molar-refractivity contribution in [3.05, 3.63) is 66.2 Å². The average Bonchev–Trinajstić information content (AvgIpc) is 3.30. The van der Waals surface area contributed by atoms with Gasteiger partial charge in [-0.05, 0) is 55.3 Å². The second-order valence-electron chi connectivity index (χ2n) is 8.80. The summed E-state index contributed by atoms with van der Waals surface area (Å²) in [5, 5.41) is 11.1. The summed E-state index contributed by atoms with van der Waals surface area (Å²) in [6.45, 7) is 0. The lowest BCUT2D eigenvalue weighted by molar-refractivity contribution is -0.117. The lowest BCUT2D eigenvalue weighted by atomic mass is 10.1. The van der Waals surface area contributed by atoms with Gasteiger partial charge in [0.15, 0.2) is 5.13 Å². The van der Waals surface area contributed by atoms with Crippen LogP contribution in [0.5, 0.6) is 0 Å². The van der Waals surface area contributed by atoms with Gasteiger partial charge < -0.3 is 10.3 Å². The number of aromatic nitrogens is 6. The van der Waals surface area contributed by atoms with Gasteiger partial charge in [0, 0.05) is 39.7 Å². The number of rotatable bonds is 5. The highest BCUT2D eigenvalue weighted by Gasteiger charge is 2.29. The SMILES string of the molecule is O=C(Nc1cncc(-c2ccc3[nH]nc(-c4cc5c(-c6ccc(F)s6)ccnc5[nH]4)c3n2)c1)C1CC1. The lowest BCUT2D eigenvalue weighted by Gasteiger charge is -2.06. The van der Waals surface area contributed by atoms with Gasteiger partial charge in [0.25, 0.3) is 0 Å². The molecule has 6 aromatic rings. The molecular weight excluding hydrogens is 477 g/mol. The third-order valence-electron chi connectivity index (χ3n) is 6.28. The molecule has 176 valence electrons. The minimum absolute atomic E-state index is 0.0339. The zero-order valence-corrected chi connectivity index (χ0v) is 19.6. The zero-order valence-electron chi connectivity index (χ0n) is 18.7. The predicted octanol–water partition coefficient (Wildman–Crippen LogP) is 5.78. The standard InChI is InChI=1S/C26H18FN7OS/c27-22-6-5-21(36-22)16-7-8-29-25-17(16)10-20(32-25)24-23-19(33-34-24)4-3-18(31-23)14-9-15(12-28-11-14)30-26(35)13-1-2-13/h3-13H,1-2H2,(H,29,32)(H,30,35)(H,33,34). The fraction of sp³-hybridized carbons (Fsp3) is 0.115. The normalized spacial score (nSPS) is 13.5. The van der Waals surface area contributed by atoms with Gasteiger partial charge in [0.1, 0.15) is 16.9 Å². The van der Waals surface area contributed by atoms with Crippen molar-refractivity contribution >= 4 is 45.0 Å². The highest BCUT2D eigenvalue weighted by Crippen LogP contribution is 2.36. The number of aromatic amines is 2. The van der Waals surface area contributed by atoms with Crippen molar-refractivity contribution in [3.63, 3.8) is 0 Å². The summed E-state index contributed by atoms with van der Waals surface area (Å²) in [7, 11) is 0. The molecule has 0 aromatic carbocycles. The van der Waals surface area contributed by atoms with Gasteiger partial charge in [-0.3, -0.25) is 14.9 Å². The highest BCUT2D eigenvalue weighted by atomic mass is 32.1. The van der Waals surface area contributed by atoms with Crippen LogP contribution in [-0.4, -0.2) is 36.0 Å². The van der Waals surface area contributed by atoms with Crippen molar-refractivity contribution in [2.75, 3.05) is 5.32 Å². The van der Waals surface area contributed by atoms with Crippen molar-refractivity contribution in [1.29, 1.82) is 0 Å². The van der Waals surface area contributed by atoms with Crippen molar-refractivity contribution in [2.45, 2.75) is 12.8 Å². The molecule has 0 bridgehead atoms. The van der Waals surface area contributed by atoms with Crippen molar-refractivity contribution in [1.82, 2.24) is 30.1 Å². The molecule has 6 aromatic heterocycles. The van der Waals surface area contributed by atoms with Gasteiger partial charge in [0.05, 0.1) is 28.8 Å². The number of anilines is 1. The number of nitrogens with zero attached hydrogens (tertiary/aromatic N) is 4. The van der Waals surface area contributed by atoms with Crippen LogP contribution >= 0.6 is 11.3 Å². The second-order valence-corrected chi connectivity index (χ2v) is 9.83. The molecule has 1 aliphatic carbocycles. The van der Waals surface area contributed by atoms with Crippen LogP contribution < -0.4 is 5.32 Å². The smallest absolute Gasteiger partial charge is 0.227 e. The largest absolute Gasteiger partial charge is 0.338 e. The molecule has 8 nitrogen and oxygen atoms in total. The molecule has 10 heteroatoms. The average molecular weight is 496 g/mol. The van der Waals surface area contributed by atoms with Crippen LogP contribution in [0, 0.1) is 11.0 Å². The third-order valence-corrected chi connectivity index (χ3v) is 7.19. The van der Waals surface area contributed by atoms with Crippen LogP contribution in [0.1, 0.15) is 12.8 Å². The first-order valence-corrected chi connectivity index (χ1v) is 12.3. The van der Waals surface area contributed by atoms with Gasteiger partial charge in [-0.25, -0.2) is 9.97 Å². The van der Waals surface area contributed by atoms with Crippen LogP contribution in [0.15, 0.2) is 61.1 Å². The fourth-order valence-corrected chi connectivity index (χ4v) is 5.08. The van der Waals surface area contributed by atoms with Crippen molar-refractivity contribution in [2.24, 2.45) is 5.92 Å². The van der Waals surface area contributed by atoms with E-state index in [1.165, 1.54) is 6.07 Å². The Morgan fingerprint density at radius 3 is 2.86 bits per heavy atom. The second kappa shape index (κ2) is 8.06. The molecular formula is C26H18FN7OS. The Bertz CT molecular complexity index is 1780. The van der Waals surface area contributed by atoms with Crippen LogP contribution in [-0.2, 0) is 4.79 Å². The number of pyridine rings is 3. The quantitative estimate of drug-likeness (QED) is 0.281. The Morgan fingerprint density at radius 1 is 1.11 bits per heavy atom. The first-order valence-electron chi connectivity index (χ1n) is 11.5. The number of nitrogens with one attached hydrogen (secondary N) is 3. The minimum atomic E-state index is -0.230. The van der Waals surface area contributed by atoms with Crippen molar-refractivity contribution in [3.8, 4) is 33.1 Å². The Morgan fingerprint density at radius 2 is 2.03 bits per heavy atom. The molecule has 0 atom stereocenters. The Hall–Kier alpha value is -4.44. The van der Waals surface area contributed by atoms with Crippen LogP contribution in [0.3, 0.4) is 0 Å². The molecule has 3 N–H and O–H groups in total. The van der Waals surface area contributed by atoms with E-state index in [2.05, 4.69) is 30.5 Å². The van der Waals surface area contributed by atoms with Gasteiger partial charge in [-0.2, -0.15) is 9.49 Å². The van der Waals surface area contributed by atoms with E-state index in [4.69, 9.17) is 4.98 Å². The number of amides is 1. The lowest BCUT2D eigenvalue weighted by Crippen LogP contribution is -2.13. The molecule has 7 rings (SSSR count). The monoisotopic (exact) mass is 495 g/mol. The minimum Gasteiger partial charge on any atom is -0.338 e. The Balaban J connectivity index is 1.28. The summed E-state index contributed by atoms with van der Waals surface area (Å²) in [4.78, 5) is 29.9. The van der Waals surface area contributed by atoms with E-state index in [1.54, 1.807) is 24.7 Å².